The number of thiazole rings is 1. The third-order valence-corrected chi connectivity index (χ3v) is 7.43. The first-order valence-electron chi connectivity index (χ1n) is 11.8. The number of ether oxygens (including phenoxy) is 2. The Labute approximate surface area is 222 Å². The molecule has 0 spiro atoms. The molecule has 0 saturated carbocycles. The lowest BCUT2D eigenvalue weighted by Gasteiger charge is -2.25. The molecule has 0 fully saturated rings. The van der Waals surface area contributed by atoms with Crippen molar-refractivity contribution in [2.45, 2.75) is 32.9 Å². The lowest BCUT2D eigenvalue weighted by molar-refractivity contribution is -0.143. The molecule has 0 aliphatic carbocycles. The van der Waals surface area contributed by atoms with Gasteiger partial charge in [0.1, 0.15) is 5.75 Å². The van der Waals surface area contributed by atoms with Crippen molar-refractivity contribution in [3.63, 3.8) is 0 Å². The fraction of sp³-hybridized carbons (Fsp3) is 0.207. The number of aromatic nitrogens is 1. The molecule has 0 bridgehead atoms. The molecule has 0 saturated heterocycles. The molecule has 0 amide bonds. The van der Waals surface area contributed by atoms with E-state index in [-0.39, 0.29) is 11.7 Å². The van der Waals surface area contributed by atoms with Crippen LogP contribution in [0.2, 0.25) is 5.02 Å². The second kappa shape index (κ2) is 10.00. The summed E-state index contributed by atoms with van der Waals surface area (Å²) in [5.74, 6) is 0.164. The van der Waals surface area contributed by atoms with E-state index >= 15 is 0 Å². The van der Waals surface area contributed by atoms with E-state index in [0.717, 1.165) is 21.9 Å². The van der Waals surface area contributed by atoms with Crippen LogP contribution in [0.15, 0.2) is 81.7 Å². The molecule has 1 aromatic heterocycles. The molecule has 1 aliphatic heterocycles. The highest BCUT2D eigenvalue weighted by Crippen LogP contribution is 2.32. The number of methoxy groups -OCH3 is 1. The Balaban J connectivity index is 1.77. The fourth-order valence-corrected chi connectivity index (χ4v) is 5.71. The lowest BCUT2D eigenvalue weighted by atomic mass is 9.96. The molecule has 1 atom stereocenters. The van der Waals surface area contributed by atoms with Crippen LogP contribution in [0.3, 0.4) is 0 Å². The topological polar surface area (TPSA) is 69.9 Å². The Kier molecular flexibility index (Phi) is 6.75. The van der Waals surface area contributed by atoms with Gasteiger partial charge in [-0.05, 0) is 61.4 Å². The van der Waals surface area contributed by atoms with Crippen molar-refractivity contribution in [1.29, 1.82) is 0 Å². The van der Waals surface area contributed by atoms with Gasteiger partial charge >= 0.3 is 5.97 Å². The lowest BCUT2D eigenvalue weighted by Crippen LogP contribution is -2.40. The van der Waals surface area contributed by atoms with Gasteiger partial charge in [0, 0.05) is 10.6 Å². The molecule has 0 N–H and O–H groups in total. The summed E-state index contributed by atoms with van der Waals surface area (Å²) in [5.41, 5.74) is 2.15. The number of hydrogen-bond donors (Lipinski definition) is 0. The smallest absolute Gasteiger partial charge is 0.338 e. The van der Waals surface area contributed by atoms with E-state index in [1.165, 1.54) is 11.3 Å². The summed E-state index contributed by atoms with van der Waals surface area (Å²) in [6.45, 7) is 5.35. The standard InChI is InChI=1S/C29H25ClN2O4S/c1-16(2)36-28(34)25-17(3)31-29-32(26(25)19-9-12-20(30)13-10-19)27(33)24(37-29)15-22-21-8-6-5-7-18(21)11-14-23(22)35-4/h5-16,26H,1-4H3/b24-15+/t26-/m1/s1. The van der Waals surface area contributed by atoms with E-state index in [4.69, 9.17) is 21.1 Å². The Morgan fingerprint density at radius 2 is 1.84 bits per heavy atom. The molecule has 2 heterocycles. The number of allylic oxidation sites excluding steroid dienone is 1. The average molecular weight is 533 g/mol. The quantitative estimate of drug-likeness (QED) is 0.339. The highest BCUT2D eigenvalue weighted by atomic mass is 35.5. The average Bonchev–Trinajstić information content (AvgIpc) is 3.17. The number of hydrogen-bond acceptors (Lipinski definition) is 6. The number of esters is 1. The summed E-state index contributed by atoms with van der Waals surface area (Å²) in [6, 6.07) is 18.3. The molecule has 1 aliphatic rings. The van der Waals surface area contributed by atoms with Crippen LogP contribution in [0.5, 0.6) is 5.75 Å². The molecular weight excluding hydrogens is 508 g/mol. The van der Waals surface area contributed by atoms with Crippen molar-refractivity contribution in [2.24, 2.45) is 4.99 Å². The molecule has 37 heavy (non-hydrogen) atoms. The maximum Gasteiger partial charge on any atom is 0.338 e. The van der Waals surface area contributed by atoms with Gasteiger partial charge in [0.05, 0.1) is 35.1 Å². The van der Waals surface area contributed by atoms with Gasteiger partial charge in [-0.25, -0.2) is 9.79 Å². The molecule has 4 aromatic rings. The van der Waals surface area contributed by atoms with Crippen LogP contribution in [0, 0.1) is 0 Å². The molecule has 3 aromatic carbocycles. The third-order valence-electron chi connectivity index (χ3n) is 6.20. The van der Waals surface area contributed by atoms with E-state index < -0.39 is 12.0 Å². The zero-order valence-electron chi connectivity index (χ0n) is 20.8. The van der Waals surface area contributed by atoms with Crippen LogP contribution in [0.1, 0.15) is 37.9 Å². The fourth-order valence-electron chi connectivity index (χ4n) is 4.55. The SMILES string of the molecule is COc1ccc2ccccc2c1/C=c1/sc2n(c1=O)[C@H](c1ccc(Cl)cc1)C(C(=O)OC(C)C)=C(C)N=2. The summed E-state index contributed by atoms with van der Waals surface area (Å²) in [5, 5.41) is 2.57. The molecule has 0 radical (unpaired) electrons. The van der Waals surface area contributed by atoms with Gasteiger partial charge in [-0.3, -0.25) is 9.36 Å². The number of benzene rings is 3. The van der Waals surface area contributed by atoms with Crippen molar-refractivity contribution in [2.75, 3.05) is 7.11 Å². The molecule has 188 valence electrons. The Hall–Kier alpha value is -3.68. The number of halogens is 1. The highest BCUT2D eigenvalue weighted by molar-refractivity contribution is 7.07. The van der Waals surface area contributed by atoms with Crippen LogP contribution in [-0.2, 0) is 9.53 Å². The van der Waals surface area contributed by atoms with Gasteiger partial charge < -0.3 is 9.47 Å². The monoisotopic (exact) mass is 532 g/mol. The number of rotatable bonds is 5. The van der Waals surface area contributed by atoms with Crippen molar-refractivity contribution in [3.8, 4) is 5.75 Å². The van der Waals surface area contributed by atoms with Gasteiger partial charge in [-0.1, -0.05) is 65.4 Å². The maximum atomic E-state index is 13.9. The van der Waals surface area contributed by atoms with E-state index in [1.807, 2.05) is 54.6 Å². The van der Waals surface area contributed by atoms with Crippen LogP contribution in [-0.4, -0.2) is 23.8 Å². The van der Waals surface area contributed by atoms with Crippen molar-refractivity contribution >= 4 is 45.8 Å². The predicted molar refractivity (Wildman–Crippen MR) is 147 cm³/mol. The van der Waals surface area contributed by atoms with Gasteiger partial charge in [0.2, 0.25) is 0 Å². The van der Waals surface area contributed by atoms with E-state index in [1.54, 1.807) is 44.6 Å². The summed E-state index contributed by atoms with van der Waals surface area (Å²) >= 11 is 7.42. The molecule has 0 unspecified atom stereocenters. The van der Waals surface area contributed by atoms with Crippen molar-refractivity contribution in [3.05, 3.63) is 108 Å². The summed E-state index contributed by atoms with van der Waals surface area (Å²) < 4.78 is 13.2. The molecule has 6 nitrogen and oxygen atoms in total. The van der Waals surface area contributed by atoms with Crippen molar-refractivity contribution < 1.29 is 14.3 Å². The summed E-state index contributed by atoms with van der Waals surface area (Å²) in [4.78, 5) is 32.3. The Bertz CT molecular complexity index is 1730. The number of nitrogens with zero attached hydrogens (tertiary/aromatic N) is 2. The Morgan fingerprint density at radius 1 is 1.11 bits per heavy atom. The van der Waals surface area contributed by atoms with Gasteiger partial charge in [0.15, 0.2) is 4.80 Å². The minimum atomic E-state index is -0.698. The number of carbonyl (C=O) groups excluding carboxylic acids is 1. The minimum Gasteiger partial charge on any atom is -0.496 e. The predicted octanol–water partition coefficient (Wildman–Crippen LogP) is 5.00. The van der Waals surface area contributed by atoms with Crippen LogP contribution < -0.4 is 19.6 Å². The normalized spacial score (nSPS) is 15.6. The van der Waals surface area contributed by atoms with Gasteiger partial charge in [0.25, 0.3) is 5.56 Å². The highest BCUT2D eigenvalue weighted by Gasteiger charge is 2.33. The van der Waals surface area contributed by atoms with Gasteiger partial charge in [-0.15, -0.1) is 0 Å². The molecule has 5 rings (SSSR count). The van der Waals surface area contributed by atoms with Gasteiger partial charge in [-0.2, -0.15) is 0 Å². The van der Waals surface area contributed by atoms with Crippen LogP contribution >= 0.6 is 22.9 Å². The first-order valence-corrected chi connectivity index (χ1v) is 13.0. The molecular formula is C29H25ClN2O4S. The second-order valence-corrected chi connectivity index (χ2v) is 10.4. The van der Waals surface area contributed by atoms with Crippen LogP contribution in [0.4, 0.5) is 0 Å². The first kappa shape index (κ1) is 25.0. The zero-order valence-corrected chi connectivity index (χ0v) is 22.4. The van der Waals surface area contributed by atoms with Crippen molar-refractivity contribution in [1.82, 2.24) is 4.57 Å². The number of carbonyl (C=O) groups is 1. The van der Waals surface area contributed by atoms with E-state index in [9.17, 15) is 9.59 Å². The summed E-state index contributed by atoms with van der Waals surface area (Å²) in [7, 11) is 1.61. The Morgan fingerprint density at radius 3 is 2.54 bits per heavy atom. The second-order valence-electron chi connectivity index (χ2n) is 8.99. The van der Waals surface area contributed by atoms with Crippen LogP contribution in [0.25, 0.3) is 16.8 Å². The first-order chi connectivity index (χ1) is 17.8. The summed E-state index contributed by atoms with van der Waals surface area (Å²) in [6.07, 6.45) is 1.53. The van der Waals surface area contributed by atoms with E-state index in [0.29, 0.717) is 31.4 Å². The zero-order chi connectivity index (χ0) is 26.3. The van der Waals surface area contributed by atoms with E-state index in [2.05, 4.69) is 4.99 Å². The molecule has 8 heteroatoms. The number of fused-ring (bicyclic) bond motifs is 2. The minimum absolute atomic E-state index is 0.249. The maximum absolute atomic E-state index is 13.9. The third kappa shape index (κ3) is 4.61. The largest absolute Gasteiger partial charge is 0.496 e.